The van der Waals surface area contributed by atoms with Crippen molar-refractivity contribution in [3.05, 3.63) is 35.6 Å². The second-order valence-corrected chi connectivity index (χ2v) is 7.30. The fourth-order valence-electron chi connectivity index (χ4n) is 3.17. The lowest BCUT2D eigenvalue weighted by atomic mass is 9.97. The maximum atomic E-state index is 13.7. The summed E-state index contributed by atoms with van der Waals surface area (Å²) in [7, 11) is 0. The van der Waals surface area contributed by atoms with Crippen LogP contribution in [0, 0.1) is 5.82 Å². The summed E-state index contributed by atoms with van der Waals surface area (Å²) in [6.07, 6.45) is 3.12. The molecule has 1 aromatic carbocycles. The zero-order valence-electron chi connectivity index (χ0n) is 13.8. The van der Waals surface area contributed by atoms with Crippen molar-refractivity contribution in [1.29, 1.82) is 0 Å². The van der Waals surface area contributed by atoms with Crippen LogP contribution in [0.25, 0.3) is 0 Å². The van der Waals surface area contributed by atoms with Gasteiger partial charge in [-0.1, -0.05) is 18.2 Å². The second-order valence-electron chi connectivity index (χ2n) is 7.30. The zero-order valence-corrected chi connectivity index (χ0v) is 13.8. The van der Waals surface area contributed by atoms with Crippen LogP contribution < -0.4 is 5.32 Å². The Morgan fingerprint density at radius 3 is 2.43 bits per heavy atom. The van der Waals surface area contributed by atoms with Crippen molar-refractivity contribution in [2.45, 2.75) is 64.6 Å². The molecule has 21 heavy (non-hydrogen) atoms. The number of halogens is 1. The molecule has 1 saturated heterocycles. The summed E-state index contributed by atoms with van der Waals surface area (Å²) in [6.45, 7) is 11.3. The Balaban J connectivity index is 1.80. The van der Waals surface area contributed by atoms with Crippen molar-refractivity contribution in [2.24, 2.45) is 0 Å². The molecule has 1 aromatic rings. The van der Waals surface area contributed by atoms with Crippen LogP contribution in [-0.4, -0.2) is 35.6 Å². The van der Waals surface area contributed by atoms with E-state index >= 15 is 0 Å². The Labute approximate surface area is 128 Å². The molecule has 1 aliphatic rings. The third-order valence-corrected chi connectivity index (χ3v) is 4.45. The summed E-state index contributed by atoms with van der Waals surface area (Å²) in [4.78, 5) is 2.55. The Morgan fingerprint density at radius 1 is 1.24 bits per heavy atom. The number of nitrogens with one attached hydrogen (secondary N) is 1. The lowest BCUT2D eigenvalue weighted by molar-refractivity contribution is 0.0942. The SMILES string of the molecule is CC(Cc1ccccc1F)NC1CCN(C(C)(C)C)CC1. The highest BCUT2D eigenvalue weighted by atomic mass is 19.1. The predicted molar refractivity (Wildman–Crippen MR) is 87.0 cm³/mol. The molecule has 0 spiro atoms. The molecule has 1 fully saturated rings. The minimum absolute atomic E-state index is 0.0892. The smallest absolute Gasteiger partial charge is 0.126 e. The number of piperidine rings is 1. The van der Waals surface area contributed by atoms with E-state index in [2.05, 4.69) is 37.9 Å². The van der Waals surface area contributed by atoms with E-state index in [1.54, 1.807) is 12.1 Å². The van der Waals surface area contributed by atoms with Gasteiger partial charge in [-0.3, -0.25) is 4.90 Å². The molecule has 1 unspecified atom stereocenters. The molecule has 118 valence electrons. The van der Waals surface area contributed by atoms with Crippen molar-refractivity contribution in [3.63, 3.8) is 0 Å². The molecule has 0 aromatic heterocycles. The summed E-state index contributed by atoms with van der Waals surface area (Å²) >= 11 is 0. The highest BCUT2D eigenvalue weighted by Crippen LogP contribution is 2.20. The fraction of sp³-hybridized carbons (Fsp3) is 0.667. The number of likely N-dealkylation sites (tertiary alicyclic amines) is 1. The van der Waals surface area contributed by atoms with Crippen LogP contribution in [0.3, 0.4) is 0 Å². The van der Waals surface area contributed by atoms with Gasteiger partial charge in [0.15, 0.2) is 0 Å². The van der Waals surface area contributed by atoms with Crippen molar-refractivity contribution in [2.75, 3.05) is 13.1 Å². The molecule has 2 nitrogen and oxygen atoms in total. The highest BCUT2D eigenvalue weighted by molar-refractivity contribution is 5.18. The van der Waals surface area contributed by atoms with Crippen LogP contribution >= 0.6 is 0 Å². The number of rotatable bonds is 4. The third kappa shape index (κ3) is 4.79. The van der Waals surface area contributed by atoms with Crippen LogP contribution in [0.4, 0.5) is 4.39 Å². The van der Waals surface area contributed by atoms with Crippen molar-refractivity contribution in [1.82, 2.24) is 10.2 Å². The Hall–Kier alpha value is -0.930. The van der Waals surface area contributed by atoms with E-state index in [4.69, 9.17) is 0 Å². The second kappa shape index (κ2) is 6.89. The zero-order chi connectivity index (χ0) is 15.5. The van der Waals surface area contributed by atoms with Crippen LogP contribution in [-0.2, 0) is 6.42 Å². The fourth-order valence-corrected chi connectivity index (χ4v) is 3.17. The Bertz CT molecular complexity index is 445. The van der Waals surface area contributed by atoms with Gasteiger partial charge in [-0.05, 0) is 58.6 Å². The molecule has 1 heterocycles. The summed E-state index contributed by atoms with van der Waals surface area (Å²) in [6, 6.07) is 7.96. The molecule has 1 aliphatic heterocycles. The minimum atomic E-state index is -0.0892. The summed E-state index contributed by atoms with van der Waals surface area (Å²) in [5, 5.41) is 3.67. The largest absolute Gasteiger partial charge is 0.311 e. The van der Waals surface area contributed by atoms with Crippen LogP contribution in [0.5, 0.6) is 0 Å². The minimum Gasteiger partial charge on any atom is -0.311 e. The topological polar surface area (TPSA) is 15.3 Å². The van der Waals surface area contributed by atoms with E-state index in [0.29, 0.717) is 12.1 Å². The molecule has 0 aliphatic carbocycles. The van der Waals surface area contributed by atoms with Gasteiger partial charge in [0.25, 0.3) is 0 Å². The van der Waals surface area contributed by atoms with Gasteiger partial charge < -0.3 is 5.32 Å². The van der Waals surface area contributed by atoms with Crippen LogP contribution in [0.2, 0.25) is 0 Å². The number of nitrogens with zero attached hydrogens (tertiary/aromatic N) is 1. The van der Waals surface area contributed by atoms with Crippen LogP contribution in [0.1, 0.15) is 46.1 Å². The molecule has 0 saturated carbocycles. The molecule has 0 bridgehead atoms. The van der Waals surface area contributed by atoms with E-state index in [0.717, 1.165) is 25.1 Å². The van der Waals surface area contributed by atoms with Gasteiger partial charge in [-0.15, -0.1) is 0 Å². The standard InChI is InChI=1S/C18H29FN2/c1-14(13-15-7-5-6-8-17(15)19)20-16-9-11-21(12-10-16)18(2,3)4/h5-8,14,16,20H,9-13H2,1-4H3. The molecule has 0 radical (unpaired) electrons. The molecule has 3 heteroatoms. The monoisotopic (exact) mass is 292 g/mol. The molecule has 1 N–H and O–H groups in total. The maximum absolute atomic E-state index is 13.7. The first-order valence-electron chi connectivity index (χ1n) is 8.11. The molecule has 0 amide bonds. The first-order valence-corrected chi connectivity index (χ1v) is 8.11. The van der Waals surface area contributed by atoms with E-state index in [-0.39, 0.29) is 11.4 Å². The maximum Gasteiger partial charge on any atom is 0.126 e. The lowest BCUT2D eigenvalue weighted by Gasteiger charge is -2.41. The number of benzene rings is 1. The van der Waals surface area contributed by atoms with Crippen molar-refractivity contribution in [3.8, 4) is 0 Å². The van der Waals surface area contributed by atoms with E-state index in [1.807, 2.05) is 12.1 Å². The molecular formula is C18H29FN2. The lowest BCUT2D eigenvalue weighted by Crippen LogP contribution is -2.51. The average Bonchev–Trinajstić information content (AvgIpc) is 2.41. The van der Waals surface area contributed by atoms with Gasteiger partial charge in [0.1, 0.15) is 5.82 Å². The van der Waals surface area contributed by atoms with Gasteiger partial charge in [0, 0.05) is 30.7 Å². The summed E-state index contributed by atoms with van der Waals surface area (Å²) in [5.74, 6) is -0.0892. The number of hydrogen-bond donors (Lipinski definition) is 1. The Morgan fingerprint density at radius 2 is 1.86 bits per heavy atom. The van der Waals surface area contributed by atoms with Crippen molar-refractivity contribution >= 4 is 0 Å². The average molecular weight is 292 g/mol. The van der Waals surface area contributed by atoms with Crippen molar-refractivity contribution < 1.29 is 4.39 Å². The summed E-state index contributed by atoms with van der Waals surface area (Å²) < 4.78 is 13.7. The van der Waals surface area contributed by atoms with E-state index in [9.17, 15) is 4.39 Å². The van der Waals surface area contributed by atoms with Gasteiger partial charge in [0.2, 0.25) is 0 Å². The quantitative estimate of drug-likeness (QED) is 0.912. The van der Waals surface area contributed by atoms with Gasteiger partial charge in [0.05, 0.1) is 0 Å². The van der Waals surface area contributed by atoms with E-state index in [1.165, 1.54) is 12.8 Å². The first kappa shape index (κ1) is 16.4. The molecular weight excluding hydrogens is 263 g/mol. The van der Waals surface area contributed by atoms with E-state index < -0.39 is 0 Å². The first-order chi connectivity index (χ1) is 9.86. The highest BCUT2D eigenvalue weighted by Gasteiger charge is 2.27. The molecule has 2 rings (SSSR count). The third-order valence-electron chi connectivity index (χ3n) is 4.45. The Kier molecular flexibility index (Phi) is 5.39. The van der Waals surface area contributed by atoms with Crippen LogP contribution in [0.15, 0.2) is 24.3 Å². The van der Waals surface area contributed by atoms with Gasteiger partial charge in [-0.2, -0.15) is 0 Å². The number of hydrogen-bond acceptors (Lipinski definition) is 2. The molecule has 1 atom stereocenters. The normalized spacial score (nSPS) is 19.7. The summed E-state index contributed by atoms with van der Waals surface area (Å²) in [5.41, 5.74) is 1.08. The predicted octanol–water partition coefficient (Wildman–Crippen LogP) is 3.61. The van der Waals surface area contributed by atoms with Gasteiger partial charge >= 0.3 is 0 Å². The van der Waals surface area contributed by atoms with Gasteiger partial charge in [-0.25, -0.2) is 4.39 Å².